The van der Waals surface area contributed by atoms with Gasteiger partial charge in [-0.2, -0.15) is 0 Å². The monoisotopic (exact) mass is 238 g/mol. The normalized spacial score (nSPS) is 11.3. The van der Waals surface area contributed by atoms with Crippen LogP contribution in [0.15, 0.2) is 36.9 Å². The quantitative estimate of drug-likeness (QED) is 0.717. The summed E-state index contributed by atoms with van der Waals surface area (Å²) in [6.45, 7) is 0. The Morgan fingerprint density at radius 3 is 2.83 bits per heavy atom. The van der Waals surface area contributed by atoms with Crippen molar-refractivity contribution >= 4 is 23.3 Å². The SMILES string of the molecule is Oc1ccccc1/C=C/c1ncnc2nc[nH]c12. The van der Waals surface area contributed by atoms with Crippen LogP contribution in [0, 0.1) is 0 Å². The molecule has 0 unspecified atom stereocenters. The van der Waals surface area contributed by atoms with E-state index in [1.807, 2.05) is 18.2 Å². The lowest BCUT2D eigenvalue weighted by molar-refractivity contribution is 0.474. The van der Waals surface area contributed by atoms with Crippen LogP contribution in [0.1, 0.15) is 11.3 Å². The minimum Gasteiger partial charge on any atom is -0.507 e. The van der Waals surface area contributed by atoms with Crippen molar-refractivity contribution in [2.45, 2.75) is 0 Å². The van der Waals surface area contributed by atoms with Gasteiger partial charge in [-0.3, -0.25) is 0 Å². The number of para-hydroxylation sites is 1. The fraction of sp³-hybridized carbons (Fsp3) is 0. The third kappa shape index (κ3) is 1.82. The van der Waals surface area contributed by atoms with Gasteiger partial charge in [0.05, 0.1) is 12.0 Å². The standard InChI is InChI=1S/C13H10N4O/c18-11-4-2-1-3-9(11)5-6-10-12-13(16-7-14-10)17-8-15-12/h1-8,18H,(H,14,15,16,17)/b6-5+. The number of hydrogen-bond donors (Lipinski definition) is 2. The third-order valence-electron chi connectivity index (χ3n) is 2.61. The Kier molecular flexibility index (Phi) is 2.49. The zero-order valence-electron chi connectivity index (χ0n) is 9.41. The van der Waals surface area contributed by atoms with Crippen LogP contribution in [0.25, 0.3) is 23.3 Å². The van der Waals surface area contributed by atoms with E-state index in [9.17, 15) is 5.11 Å². The Morgan fingerprint density at radius 2 is 1.94 bits per heavy atom. The van der Waals surface area contributed by atoms with Gasteiger partial charge in [0.2, 0.25) is 0 Å². The van der Waals surface area contributed by atoms with Crippen molar-refractivity contribution in [3.8, 4) is 5.75 Å². The maximum atomic E-state index is 9.66. The molecule has 0 bridgehead atoms. The first-order valence-electron chi connectivity index (χ1n) is 5.45. The lowest BCUT2D eigenvalue weighted by atomic mass is 10.1. The van der Waals surface area contributed by atoms with E-state index in [0.29, 0.717) is 5.65 Å². The highest BCUT2D eigenvalue weighted by Gasteiger charge is 2.02. The summed E-state index contributed by atoms with van der Waals surface area (Å²) in [5.41, 5.74) is 2.88. The molecule has 0 aliphatic heterocycles. The first kappa shape index (κ1) is 10.5. The summed E-state index contributed by atoms with van der Waals surface area (Å²) in [4.78, 5) is 15.3. The molecule has 1 aromatic carbocycles. The topological polar surface area (TPSA) is 74.7 Å². The summed E-state index contributed by atoms with van der Waals surface area (Å²) >= 11 is 0. The molecular formula is C13H10N4O. The Hall–Kier alpha value is -2.69. The lowest BCUT2D eigenvalue weighted by Crippen LogP contribution is -1.86. The molecule has 0 saturated carbocycles. The number of rotatable bonds is 2. The molecule has 5 nitrogen and oxygen atoms in total. The van der Waals surface area contributed by atoms with Gasteiger partial charge in [0.1, 0.15) is 17.6 Å². The van der Waals surface area contributed by atoms with Gasteiger partial charge >= 0.3 is 0 Å². The molecule has 3 rings (SSSR count). The number of aromatic amines is 1. The summed E-state index contributed by atoms with van der Waals surface area (Å²) in [6.07, 6.45) is 6.67. The molecule has 0 spiro atoms. The number of benzene rings is 1. The first-order valence-corrected chi connectivity index (χ1v) is 5.45. The fourth-order valence-electron chi connectivity index (χ4n) is 1.71. The van der Waals surface area contributed by atoms with Crippen LogP contribution < -0.4 is 0 Å². The minimum absolute atomic E-state index is 0.240. The highest BCUT2D eigenvalue weighted by atomic mass is 16.3. The van der Waals surface area contributed by atoms with Crippen molar-refractivity contribution in [1.82, 2.24) is 19.9 Å². The summed E-state index contributed by atoms with van der Waals surface area (Å²) in [5.74, 6) is 0.240. The van der Waals surface area contributed by atoms with E-state index in [2.05, 4.69) is 19.9 Å². The van der Waals surface area contributed by atoms with E-state index in [4.69, 9.17) is 0 Å². The van der Waals surface area contributed by atoms with E-state index in [1.165, 1.54) is 6.33 Å². The van der Waals surface area contributed by atoms with Crippen molar-refractivity contribution in [2.24, 2.45) is 0 Å². The number of imidazole rings is 1. The van der Waals surface area contributed by atoms with Crippen molar-refractivity contribution in [3.05, 3.63) is 48.2 Å². The first-order chi connectivity index (χ1) is 8.84. The van der Waals surface area contributed by atoms with Gasteiger partial charge in [-0.05, 0) is 18.2 Å². The van der Waals surface area contributed by atoms with Crippen LogP contribution in [0.4, 0.5) is 0 Å². The molecule has 0 amide bonds. The van der Waals surface area contributed by atoms with Crippen LogP contribution in [0.2, 0.25) is 0 Å². The number of aromatic hydroxyl groups is 1. The fourth-order valence-corrected chi connectivity index (χ4v) is 1.71. The van der Waals surface area contributed by atoms with Gasteiger partial charge in [-0.25, -0.2) is 15.0 Å². The van der Waals surface area contributed by atoms with Gasteiger partial charge in [-0.15, -0.1) is 0 Å². The molecule has 0 atom stereocenters. The molecule has 88 valence electrons. The second-order valence-corrected chi connectivity index (χ2v) is 3.75. The van der Waals surface area contributed by atoms with Gasteiger partial charge in [0, 0.05) is 5.56 Å². The Balaban J connectivity index is 2.02. The van der Waals surface area contributed by atoms with Crippen molar-refractivity contribution < 1.29 is 5.11 Å². The molecule has 2 heterocycles. The summed E-state index contributed by atoms with van der Waals surface area (Å²) in [5, 5.41) is 9.66. The Morgan fingerprint density at radius 1 is 1.06 bits per heavy atom. The van der Waals surface area contributed by atoms with E-state index in [-0.39, 0.29) is 5.75 Å². The van der Waals surface area contributed by atoms with Crippen LogP contribution >= 0.6 is 0 Å². The zero-order chi connectivity index (χ0) is 12.4. The number of nitrogens with one attached hydrogen (secondary N) is 1. The molecule has 0 fully saturated rings. The molecule has 2 N–H and O–H groups in total. The van der Waals surface area contributed by atoms with E-state index >= 15 is 0 Å². The molecule has 2 aromatic heterocycles. The Bertz CT molecular complexity index is 718. The third-order valence-corrected chi connectivity index (χ3v) is 2.61. The maximum Gasteiger partial charge on any atom is 0.181 e. The number of phenols is 1. The predicted molar refractivity (Wildman–Crippen MR) is 68.7 cm³/mol. The smallest absolute Gasteiger partial charge is 0.181 e. The Labute approximate surface area is 103 Å². The summed E-state index contributed by atoms with van der Waals surface area (Å²) in [7, 11) is 0. The molecule has 0 aliphatic rings. The second-order valence-electron chi connectivity index (χ2n) is 3.75. The van der Waals surface area contributed by atoms with E-state index in [0.717, 1.165) is 16.8 Å². The molecular weight excluding hydrogens is 228 g/mol. The average molecular weight is 238 g/mol. The molecule has 18 heavy (non-hydrogen) atoms. The number of H-pyrrole nitrogens is 1. The minimum atomic E-state index is 0.240. The highest BCUT2D eigenvalue weighted by molar-refractivity contribution is 5.84. The predicted octanol–water partition coefficient (Wildman–Crippen LogP) is 2.23. The van der Waals surface area contributed by atoms with Gasteiger partial charge in [0.25, 0.3) is 0 Å². The number of fused-ring (bicyclic) bond motifs is 1. The average Bonchev–Trinajstić information content (AvgIpc) is 2.86. The number of phenolic OH excluding ortho intramolecular Hbond substituents is 1. The number of aromatic nitrogens is 4. The molecule has 3 aromatic rings. The van der Waals surface area contributed by atoms with E-state index < -0.39 is 0 Å². The molecule has 0 radical (unpaired) electrons. The van der Waals surface area contributed by atoms with Crippen LogP contribution in [-0.4, -0.2) is 25.0 Å². The van der Waals surface area contributed by atoms with E-state index in [1.54, 1.807) is 24.5 Å². The summed E-state index contributed by atoms with van der Waals surface area (Å²) in [6, 6.07) is 7.12. The maximum absolute atomic E-state index is 9.66. The van der Waals surface area contributed by atoms with Gasteiger partial charge in [-0.1, -0.05) is 18.2 Å². The summed E-state index contributed by atoms with van der Waals surface area (Å²) < 4.78 is 0. The largest absolute Gasteiger partial charge is 0.507 e. The van der Waals surface area contributed by atoms with Crippen LogP contribution in [0.3, 0.4) is 0 Å². The van der Waals surface area contributed by atoms with Crippen molar-refractivity contribution in [1.29, 1.82) is 0 Å². The van der Waals surface area contributed by atoms with Gasteiger partial charge < -0.3 is 10.1 Å². The number of nitrogens with zero attached hydrogens (tertiary/aromatic N) is 3. The molecule has 0 saturated heterocycles. The van der Waals surface area contributed by atoms with Crippen LogP contribution in [0.5, 0.6) is 5.75 Å². The molecule has 0 aliphatic carbocycles. The van der Waals surface area contributed by atoms with Crippen LogP contribution in [-0.2, 0) is 0 Å². The van der Waals surface area contributed by atoms with Crippen molar-refractivity contribution in [2.75, 3.05) is 0 Å². The lowest BCUT2D eigenvalue weighted by Gasteiger charge is -1.97. The second kappa shape index (κ2) is 4.29. The zero-order valence-corrected chi connectivity index (χ0v) is 9.41. The number of hydrogen-bond acceptors (Lipinski definition) is 4. The van der Waals surface area contributed by atoms with Gasteiger partial charge in [0.15, 0.2) is 5.65 Å². The van der Waals surface area contributed by atoms with Crippen molar-refractivity contribution in [3.63, 3.8) is 0 Å². The molecule has 5 heteroatoms. The highest BCUT2D eigenvalue weighted by Crippen LogP contribution is 2.19.